The van der Waals surface area contributed by atoms with E-state index in [0.29, 0.717) is 31.3 Å². The molecule has 2 heterocycles. The van der Waals surface area contributed by atoms with Crippen LogP contribution in [-0.2, 0) is 9.59 Å². The quantitative estimate of drug-likeness (QED) is 0.568. The molecule has 2 unspecified atom stereocenters. The van der Waals surface area contributed by atoms with Crippen LogP contribution in [0.25, 0.3) is 0 Å². The number of aliphatic imine (C=N–C) groups is 1. The monoisotopic (exact) mass is 351 g/mol. The van der Waals surface area contributed by atoms with E-state index in [1.807, 2.05) is 16.7 Å². The van der Waals surface area contributed by atoms with Gasteiger partial charge < -0.3 is 20.4 Å². The minimum atomic E-state index is 0.202. The number of carbonyl (C=O) groups excluding carboxylic acids is 2. The third kappa shape index (κ3) is 5.90. The van der Waals surface area contributed by atoms with E-state index < -0.39 is 0 Å². The van der Waals surface area contributed by atoms with E-state index in [1.54, 1.807) is 7.05 Å². The topological polar surface area (TPSA) is 77.0 Å². The first-order chi connectivity index (χ1) is 12.0. The zero-order chi connectivity index (χ0) is 18.2. The molecule has 0 bridgehead atoms. The Morgan fingerprint density at radius 2 is 1.88 bits per heavy atom. The lowest BCUT2D eigenvalue weighted by molar-refractivity contribution is -0.132. The van der Waals surface area contributed by atoms with Crippen molar-refractivity contribution < 1.29 is 9.59 Å². The summed E-state index contributed by atoms with van der Waals surface area (Å²) in [7, 11) is 1.73. The Morgan fingerprint density at radius 1 is 1.12 bits per heavy atom. The molecule has 0 aromatic rings. The van der Waals surface area contributed by atoms with Crippen LogP contribution in [0.15, 0.2) is 4.99 Å². The number of carbonyl (C=O) groups is 2. The average molecular weight is 351 g/mol. The highest BCUT2D eigenvalue weighted by Crippen LogP contribution is 2.16. The van der Waals surface area contributed by atoms with Gasteiger partial charge in [-0.3, -0.25) is 14.6 Å². The van der Waals surface area contributed by atoms with E-state index in [-0.39, 0.29) is 17.9 Å². The van der Waals surface area contributed by atoms with E-state index in [4.69, 9.17) is 0 Å². The van der Waals surface area contributed by atoms with Gasteiger partial charge in [-0.2, -0.15) is 0 Å². The lowest BCUT2D eigenvalue weighted by Gasteiger charge is -2.31. The first-order valence-corrected chi connectivity index (χ1v) is 9.56. The standard InChI is InChI=1S/C18H33N5O2/c1-4-16(24)23-11-8-15(13-23)21-18(19-3)20-9-7-17(25)22-10-5-6-14(2)12-22/h14-15H,4-13H2,1-3H3,(H2,19,20,21). The van der Waals surface area contributed by atoms with E-state index in [1.165, 1.54) is 6.42 Å². The fraction of sp³-hybridized carbons (Fsp3) is 0.833. The molecule has 7 heteroatoms. The van der Waals surface area contributed by atoms with Gasteiger partial charge in [0.05, 0.1) is 0 Å². The van der Waals surface area contributed by atoms with Crippen molar-refractivity contribution in [2.24, 2.45) is 10.9 Å². The lowest BCUT2D eigenvalue weighted by Crippen LogP contribution is -2.46. The maximum Gasteiger partial charge on any atom is 0.224 e. The number of piperidine rings is 1. The van der Waals surface area contributed by atoms with Gasteiger partial charge in [-0.15, -0.1) is 0 Å². The number of amides is 2. The summed E-state index contributed by atoms with van der Waals surface area (Å²) in [5.41, 5.74) is 0. The van der Waals surface area contributed by atoms with Crippen molar-refractivity contribution in [2.75, 3.05) is 39.8 Å². The molecule has 0 aliphatic carbocycles. The number of hydrogen-bond acceptors (Lipinski definition) is 3. The molecule has 0 radical (unpaired) electrons. The molecule has 2 saturated heterocycles. The van der Waals surface area contributed by atoms with Crippen LogP contribution in [0.4, 0.5) is 0 Å². The third-order valence-corrected chi connectivity index (χ3v) is 5.05. The predicted molar refractivity (Wildman–Crippen MR) is 99.4 cm³/mol. The fourth-order valence-corrected chi connectivity index (χ4v) is 3.58. The Hall–Kier alpha value is -1.79. The SMILES string of the molecule is CCC(=O)N1CCC(NC(=NC)NCCC(=O)N2CCCC(C)C2)C1. The van der Waals surface area contributed by atoms with Gasteiger partial charge in [0, 0.05) is 58.7 Å². The molecule has 0 saturated carbocycles. The molecular formula is C18H33N5O2. The normalized spacial score (nSPS) is 24.4. The highest BCUT2D eigenvalue weighted by atomic mass is 16.2. The molecule has 0 spiro atoms. The van der Waals surface area contributed by atoms with Crippen molar-refractivity contribution in [3.63, 3.8) is 0 Å². The highest BCUT2D eigenvalue weighted by Gasteiger charge is 2.26. The number of hydrogen-bond donors (Lipinski definition) is 2. The molecule has 142 valence electrons. The Labute approximate surface area is 151 Å². The fourth-order valence-electron chi connectivity index (χ4n) is 3.58. The van der Waals surface area contributed by atoms with Crippen LogP contribution in [0.2, 0.25) is 0 Å². The molecule has 2 N–H and O–H groups in total. The molecule has 2 atom stereocenters. The summed E-state index contributed by atoms with van der Waals surface area (Å²) in [6.07, 6.45) is 4.29. The van der Waals surface area contributed by atoms with E-state index in [9.17, 15) is 9.59 Å². The first kappa shape index (κ1) is 19.5. The second-order valence-corrected chi connectivity index (χ2v) is 7.16. The van der Waals surface area contributed by atoms with Crippen molar-refractivity contribution in [3.8, 4) is 0 Å². The largest absolute Gasteiger partial charge is 0.356 e. The molecule has 2 amide bonds. The number of nitrogens with zero attached hydrogens (tertiary/aromatic N) is 3. The number of guanidine groups is 1. The van der Waals surface area contributed by atoms with Gasteiger partial charge in [0.25, 0.3) is 0 Å². The van der Waals surface area contributed by atoms with Crippen molar-refractivity contribution in [2.45, 2.75) is 52.0 Å². The maximum absolute atomic E-state index is 12.3. The zero-order valence-electron chi connectivity index (χ0n) is 15.9. The second-order valence-electron chi connectivity index (χ2n) is 7.16. The Balaban J connectivity index is 1.68. The number of nitrogens with one attached hydrogen (secondary N) is 2. The molecule has 0 aromatic heterocycles. The van der Waals surface area contributed by atoms with Gasteiger partial charge in [0.1, 0.15) is 0 Å². The van der Waals surface area contributed by atoms with E-state index >= 15 is 0 Å². The van der Waals surface area contributed by atoms with Crippen molar-refractivity contribution in [1.29, 1.82) is 0 Å². The maximum atomic E-state index is 12.3. The molecule has 0 aromatic carbocycles. The van der Waals surface area contributed by atoms with Crippen LogP contribution in [0.5, 0.6) is 0 Å². The van der Waals surface area contributed by atoms with Crippen LogP contribution in [-0.4, -0.2) is 73.4 Å². The van der Waals surface area contributed by atoms with Crippen molar-refractivity contribution in [1.82, 2.24) is 20.4 Å². The van der Waals surface area contributed by atoms with Crippen LogP contribution < -0.4 is 10.6 Å². The molecule has 7 nitrogen and oxygen atoms in total. The van der Waals surface area contributed by atoms with Gasteiger partial charge >= 0.3 is 0 Å². The van der Waals surface area contributed by atoms with E-state index in [0.717, 1.165) is 39.0 Å². The lowest BCUT2D eigenvalue weighted by atomic mass is 10.00. The smallest absolute Gasteiger partial charge is 0.224 e. The highest BCUT2D eigenvalue weighted by molar-refractivity contribution is 5.82. The second kappa shape index (κ2) is 9.63. The Kier molecular flexibility index (Phi) is 7.52. The van der Waals surface area contributed by atoms with Crippen molar-refractivity contribution >= 4 is 17.8 Å². The van der Waals surface area contributed by atoms with Crippen LogP contribution in [0.3, 0.4) is 0 Å². The minimum absolute atomic E-state index is 0.202. The summed E-state index contributed by atoms with van der Waals surface area (Å²) in [5.74, 6) is 1.73. The minimum Gasteiger partial charge on any atom is -0.356 e. The van der Waals surface area contributed by atoms with Gasteiger partial charge in [-0.1, -0.05) is 13.8 Å². The third-order valence-electron chi connectivity index (χ3n) is 5.05. The number of likely N-dealkylation sites (tertiary alicyclic amines) is 2. The zero-order valence-corrected chi connectivity index (χ0v) is 15.9. The van der Waals surface area contributed by atoms with Gasteiger partial charge in [0.15, 0.2) is 5.96 Å². The molecular weight excluding hydrogens is 318 g/mol. The summed E-state index contributed by atoms with van der Waals surface area (Å²) < 4.78 is 0. The van der Waals surface area contributed by atoms with Gasteiger partial charge in [-0.05, 0) is 25.2 Å². The summed E-state index contributed by atoms with van der Waals surface area (Å²) in [4.78, 5) is 32.1. The van der Waals surface area contributed by atoms with Crippen LogP contribution >= 0.6 is 0 Å². The summed E-state index contributed by atoms with van der Waals surface area (Å²) in [6.45, 7) is 7.97. The first-order valence-electron chi connectivity index (χ1n) is 9.56. The van der Waals surface area contributed by atoms with Gasteiger partial charge in [-0.25, -0.2) is 0 Å². The van der Waals surface area contributed by atoms with Gasteiger partial charge in [0.2, 0.25) is 11.8 Å². The van der Waals surface area contributed by atoms with Crippen LogP contribution in [0, 0.1) is 5.92 Å². The van der Waals surface area contributed by atoms with Crippen molar-refractivity contribution in [3.05, 3.63) is 0 Å². The summed E-state index contributed by atoms with van der Waals surface area (Å²) in [5, 5.41) is 6.58. The molecule has 2 aliphatic rings. The average Bonchev–Trinajstić information content (AvgIpc) is 3.08. The molecule has 2 aliphatic heterocycles. The summed E-state index contributed by atoms with van der Waals surface area (Å²) in [6, 6.07) is 0.223. The summed E-state index contributed by atoms with van der Waals surface area (Å²) >= 11 is 0. The molecule has 2 fully saturated rings. The number of rotatable bonds is 5. The Bertz CT molecular complexity index is 494. The predicted octanol–water partition coefficient (Wildman–Crippen LogP) is 0.811. The Morgan fingerprint density at radius 3 is 2.56 bits per heavy atom. The van der Waals surface area contributed by atoms with Crippen LogP contribution in [0.1, 0.15) is 46.0 Å². The molecule has 25 heavy (non-hydrogen) atoms. The molecule has 2 rings (SSSR count). The van der Waals surface area contributed by atoms with E-state index in [2.05, 4.69) is 22.5 Å².